The molecular formula is C13H19N5OS. The van der Waals surface area contributed by atoms with E-state index in [9.17, 15) is 10.1 Å². The zero-order valence-corrected chi connectivity index (χ0v) is 12.8. The molecule has 0 radical (unpaired) electrons. The number of nitrogens with zero attached hydrogens (tertiary/aromatic N) is 4. The van der Waals surface area contributed by atoms with Gasteiger partial charge in [-0.2, -0.15) is 5.26 Å². The summed E-state index contributed by atoms with van der Waals surface area (Å²) in [5.74, 6) is 0.143. The van der Waals surface area contributed by atoms with Crippen molar-refractivity contribution in [1.29, 1.82) is 5.26 Å². The van der Waals surface area contributed by atoms with Crippen LogP contribution >= 0.6 is 11.8 Å². The maximum absolute atomic E-state index is 12.0. The van der Waals surface area contributed by atoms with E-state index in [0.29, 0.717) is 6.04 Å². The molecule has 0 saturated heterocycles. The van der Waals surface area contributed by atoms with Gasteiger partial charge in [-0.15, -0.1) is 10.2 Å². The predicted octanol–water partition coefficient (Wildman–Crippen LogP) is 1.76. The lowest BCUT2D eigenvalue weighted by molar-refractivity contribution is -0.120. The van der Waals surface area contributed by atoms with Crippen LogP contribution in [-0.2, 0) is 4.79 Å². The fraction of sp³-hybridized carbons (Fsp3) is 0.692. The van der Waals surface area contributed by atoms with Crippen molar-refractivity contribution in [2.24, 2.45) is 5.92 Å². The van der Waals surface area contributed by atoms with Crippen LogP contribution in [0.3, 0.4) is 0 Å². The second-order valence-electron chi connectivity index (χ2n) is 5.56. The molecule has 0 aromatic carbocycles. The van der Waals surface area contributed by atoms with Crippen LogP contribution in [0.4, 0.5) is 0 Å². The summed E-state index contributed by atoms with van der Waals surface area (Å²) in [5.41, 5.74) is -0.832. The molecular weight excluding hydrogens is 274 g/mol. The Morgan fingerprint density at radius 1 is 1.70 bits per heavy atom. The van der Waals surface area contributed by atoms with Crippen molar-refractivity contribution >= 4 is 17.7 Å². The first-order valence-corrected chi connectivity index (χ1v) is 7.69. The van der Waals surface area contributed by atoms with E-state index in [1.807, 2.05) is 18.4 Å². The van der Waals surface area contributed by atoms with Crippen LogP contribution in [-0.4, -0.2) is 32.0 Å². The quantitative estimate of drug-likeness (QED) is 0.808. The summed E-state index contributed by atoms with van der Waals surface area (Å²) in [6.45, 7) is 5.58. The minimum atomic E-state index is -0.832. The molecule has 0 bridgehead atoms. The minimum Gasteiger partial charge on any atom is -0.337 e. The Balaban J connectivity index is 1.89. The van der Waals surface area contributed by atoms with Gasteiger partial charge >= 0.3 is 0 Å². The highest BCUT2D eigenvalue weighted by Gasteiger charge is 2.30. The fourth-order valence-corrected chi connectivity index (χ4v) is 2.48. The molecule has 1 saturated carbocycles. The number of carbonyl (C=O) groups excluding carboxylic acids is 1. The lowest BCUT2D eigenvalue weighted by Crippen LogP contribution is -2.49. The van der Waals surface area contributed by atoms with Gasteiger partial charge in [-0.05, 0) is 25.7 Å². The van der Waals surface area contributed by atoms with Crippen molar-refractivity contribution in [3.63, 3.8) is 0 Å². The lowest BCUT2D eigenvalue weighted by atomic mass is 9.90. The molecule has 0 aliphatic heterocycles. The molecule has 1 aromatic rings. The van der Waals surface area contributed by atoms with Crippen LogP contribution in [0.5, 0.6) is 0 Å². The number of rotatable bonds is 6. The second-order valence-corrected chi connectivity index (χ2v) is 6.50. The first kappa shape index (κ1) is 14.9. The summed E-state index contributed by atoms with van der Waals surface area (Å²) in [7, 11) is 0. The Kier molecular flexibility index (Phi) is 4.33. The van der Waals surface area contributed by atoms with Gasteiger partial charge in [0.1, 0.15) is 11.9 Å². The van der Waals surface area contributed by atoms with Crippen LogP contribution in [0.2, 0.25) is 0 Å². The zero-order chi connectivity index (χ0) is 14.8. The third kappa shape index (κ3) is 3.31. The van der Waals surface area contributed by atoms with Crippen molar-refractivity contribution in [1.82, 2.24) is 20.1 Å². The highest BCUT2D eigenvalue weighted by Crippen LogP contribution is 2.37. The molecule has 1 fully saturated rings. The molecule has 1 aliphatic carbocycles. The monoisotopic (exact) mass is 293 g/mol. The van der Waals surface area contributed by atoms with Crippen molar-refractivity contribution in [3.8, 4) is 6.07 Å². The number of hydrogen-bond acceptors (Lipinski definition) is 5. The number of thioether (sulfide) groups is 1. The number of nitrogens with one attached hydrogen (secondary N) is 1. The van der Waals surface area contributed by atoms with Crippen molar-refractivity contribution in [3.05, 3.63) is 6.33 Å². The van der Waals surface area contributed by atoms with Gasteiger partial charge in [0, 0.05) is 6.04 Å². The highest BCUT2D eigenvalue weighted by atomic mass is 32.2. The Morgan fingerprint density at radius 2 is 2.40 bits per heavy atom. The van der Waals surface area contributed by atoms with Gasteiger partial charge in [-0.3, -0.25) is 4.79 Å². The highest BCUT2D eigenvalue weighted by molar-refractivity contribution is 7.99. The van der Waals surface area contributed by atoms with Crippen molar-refractivity contribution in [2.75, 3.05) is 5.75 Å². The average molecular weight is 293 g/mol. The fourth-order valence-electron chi connectivity index (χ4n) is 1.70. The number of hydrogen-bond donors (Lipinski definition) is 1. The van der Waals surface area contributed by atoms with E-state index in [-0.39, 0.29) is 17.6 Å². The summed E-state index contributed by atoms with van der Waals surface area (Å²) in [6, 6.07) is 2.66. The number of amides is 1. The van der Waals surface area contributed by atoms with Gasteiger partial charge in [0.2, 0.25) is 5.91 Å². The first-order valence-electron chi connectivity index (χ1n) is 6.71. The lowest BCUT2D eigenvalue weighted by Gasteiger charge is -2.27. The molecule has 1 amide bonds. The van der Waals surface area contributed by atoms with E-state index in [4.69, 9.17) is 0 Å². The molecule has 1 aromatic heterocycles. The van der Waals surface area contributed by atoms with E-state index in [2.05, 4.69) is 21.6 Å². The van der Waals surface area contributed by atoms with Crippen LogP contribution in [0.25, 0.3) is 0 Å². The largest absolute Gasteiger partial charge is 0.337 e. The molecule has 1 N–H and O–H groups in total. The Hall–Kier alpha value is -1.55. The van der Waals surface area contributed by atoms with Crippen LogP contribution in [0.15, 0.2) is 11.5 Å². The van der Waals surface area contributed by atoms with Gasteiger partial charge in [-0.1, -0.05) is 25.6 Å². The molecule has 1 atom stereocenters. The minimum absolute atomic E-state index is 0.0524. The molecule has 7 heteroatoms. The molecule has 2 rings (SSSR count). The van der Waals surface area contributed by atoms with Crippen molar-refractivity contribution in [2.45, 2.75) is 50.4 Å². The molecule has 1 aliphatic rings. The van der Waals surface area contributed by atoms with E-state index >= 15 is 0 Å². The molecule has 20 heavy (non-hydrogen) atoms. The van der Waals surface area contributed by atoms with Crippen molar-refractivity contribution < 1.29 is 4.79 Å². The normalized spacial score (nSPS) is 17.6. The third-order valence-corrected chi connectivity index (χ3v) is 4.56. The van der Waals surface area contributed by atoms with E-state index in [1.165, 1.54) is 11.8 Å². The van der Waals surface area contributed by atoms with Crippen LogP contribution in [0.1, 0.15) is 39.7 Å². The summed E-state index contributed by atoms with van der Waals surface area (Å²) in [5, 5.41) is 20.7. The van der Waals surface area contributed by atoms with Crippen LogP contribution in [0, 0.1) is 17.2 Å². The average Bonchev–Trinajstić information content (AvgIpc) is 3.15. The van der Waals surface area contributed by atoms with Gasteiger partial charge < -0.3 is 9.88 Å². The van der Waals surface area contributed by atoms with Gasteiger partial charge in [0.05, 0.1) is 11.8 Å². The zero-order valence-electron chi connectivity index (χ0n) is 12.0. The second kappa shape index (κ2) is 5.83. The molecule has 6 nitrogen and oxygen atoms in total. The summed E-state index contributed by atoms with van der Waals surface area (Å²) in [4.78, 5) is 12.0. The standard InChI is InChI=1S/C13H19N5OS/c1-9(2)13(3,7-14)16-11(19)6-20-12-17-15-8-18(12)10-4-5-10/h8-10H,4-6H2,1-3H3,(H,16,19). The van der Waals surface area contributed by atoms with Crippen LogP contribution < -0.4 is 5.32 Å². The predicted molar refractivity (Wildman–Crippen MR) is 76.0 cm³/mol. The Bertz CT molecular complexity index is 531. The summed E-state index contributed by atoms with van der Waals surface area (Å²) >= 11 is 1.36. The SMILES string of the molecule is CC(C)C(C)(C#N)NC(=O)CSc1nncn1C1CC1. The summed E-state index contributed by atoms with van der Waals surface area (Å²) < 4.78 is 2.02. The number of nitriles is 1. The van der Waals surface area contributed by atoms with E-state index in [0.717, 1.165) is 18.0 Å². The molecule has 108 valence electrons. The Labute approximate surface area is 122 Å². The van der Waals surface area contributed by atoms with E-state index in [1.54, 1.807) is 13.3 Å². The van der Waals surface area contributed by atoms with Gasteiger partial charge in [0.15, 0.2) is 5.16 Å². The molecule has 1 unspecified atom stereocenters. The molecule has 0 spiro atoms. The topological polar surface area (TPSA) is 83.6 Å². The van der Waals surface area contributed by atoms with E-state index < -0.39 is 5.54 Å². The number of carbonyl (C=O) groups is 1. The maximum Gasteiger partial charge on any atom is 0.231 e. The smallest absolute Gasteiger partial charge is 0.231 e. The maximum atomic E-state index is 12.0. The third-order valence-electron chi connectivity index (χ3n) is 3.60. The first-order chi connectivity index (χ1) is 9.46. The molecule has 1 heterocycles. The Morgan fingerprint density at radius 3 is 2.95 bits per heavy atom. The van der Waals surface area contributed by atoms with Gasteiger partial charge in [-0.25, -0.2) is 0 Å². The summed E-state index contributed by atoms with van der Waals surface area (Å²) in [6.07, 6.45) is 4.01. The number of aromatic nitrogens is 3. The van der Waals surface area contributed by atoms with Gasteiger partial charge in [0.25, 0.3) is 0 Å².